The number of carbonyl (C=O) groups excluding carboxylic acids is 1. The first kappa shape index (κ1) is 13.7. The minimum Gasteiger partial charge on any atom is -0.388 e. The largest absolute Gasteiger partial charge is 0.388 e. The van der Waals surface area contributed by atoms with Gasteiger partial charge in [-0.3, -0.25) is 9.78 Å². The Labute approximate surface area is 116 Å². The summed E-state index contributed by atoms with van der Waals surface area (Å²) in [6, 6.07) is 3.28. The van der Waals surface area contributed by atoms with E-state index in [2.05, 4.69) is 10.3 Å². The number of anilines is 1. The molecule has 0 radical (unpaired) electrons. The van der Waals surface area contributed by atoms with Crippen molar-refractivity contribution in [3.63, 3.8) is 0 Å². The Kier molecular flexibility index (Phi) is 4.28. The number of nitrogens with two attached hydrogens (primary N) is 1. The third-order valence-corrected chi connectivity index (χ3v) is 3.22. The van der Waals surface area contributed by atoms with E-state index in [1.807, 2.05) is 11.0 Å². The van der Waals surface area contributed by atoms with Crippen molar-refractivity contribution in [2.75, 3.05) is 31.7 Å². The Balaban J connectivity index is 2.22. The first-order valence-electron chi connectivity index (χ1n) is 5.95. The molecule has 1 aromatic heterocycles. The number of aromatic nitrogens is 1. The molecule has 1 aliphatic rings. The molecule has 0 spiro atoms. The monoisotopic (exact) mass is 280 g/mol. The van der Waals surface area contributed by atoms with Crippen LogP contribution in [0.1, 0.15) is 5.69 Å². The van der Waals surface area contributed by atoms with Crippen molar-refractivity contribution in [3.05, 3.63) is 24.0 Å². The summed E-state index contributed by atoms with van der Waals surface area (Å²) >= 11 is 4.86. The second-order valence-electron chi connectivity index (χ2n) is 4.16. The predicted octanol–water partition coefficient (Wildman–Crippen LogP) is -0.333. The Morgan fingerprint density at radius 2 is 2.42 bits per heavy atom. The Morgan fingerprint density at radius 3 is 3.00 bits per heavy atom. The summed E-state index contributed by atoms with van der Waals surface area (Å²) in [4.78, 5) is 18.3. The number of thiocarbonyl (C=S) groups is 1. The molecular formula is C12H16N4O2S. The zero-order valence-electron chi connectivity index (χ0n) is 10.6. The Morgan fingerprint density at radius 1 is 1.63 bits per heavy atom. The second-order valence-corrected chi connectivity index (χ2v) is 4.60. The van der Waals surface area contributed by atoms with E-state index in [0.29, 0.717) is 25.5 Å². The summed E-state index contributed by atoms with van der Waals surface area (Å²) in [6.07, 6.45) is 1.68. The van der Waals surface area contributed by atoms with Gasteiger partial charge in [0.1, 0.15) is 11.0 Å². The highest BCUT2D eigenvalue weighted by Gasteiger charge is 2.29. The topological polar surface area (TPSA) is 80.5 Å². The Bertz CT molecular complexity index is 477. The first-order chi connectivity index (χ1) is 9.13. The van der Waals surface area contributed by atoms with E-state index in [-0.39, 0.29) is 16.9 Å². The maximum Gasteiger partial charge on any atom is 0.244 e. The number of amides is 1. The zero-order valence-corrected chi connectivity index (χ0v) is 11.4. The number of morpholine rings is 1. The molecule has 7 heteroatoms. The van der Waals surface area contributed by atoms with Crippen molar-refractivity contribution in [3.8, 4) is 0 Å². The molecule has 0 bridgehead atoms. The van der Waals surface area contributed by atoms with Crippen LogP contribution in [0.25, 0.3) is 0 Å². The van der Waals surface area contributed by atoms with Crippen LogP contribution in [-0.4, -0.2) is 48.7 Å². The summed E-state index contributed by atoms with van der Waals surface area (Å²) in [5, 5.41) is 2.64. The molecule has 2 rings (SSSR count). The lowest BCUT2D eigenvalue weighted by Gasteiger charge is -2.35. The fourth-order valence-electron chi connectivity index (χ4n) is 2.00. The SMILES string of the molecule is CNC(=O)C1COCCN1c1ccc(C(N)=S)nc1. The van der Waals surface area contributed by atoms with Crippen molar-refractivity contribution in [1.29, 1.82) is 0 Å². The normalized spacial score (nSPS) is 19.0. The van der Waals surface area contributed by atoms with Gasteiger partial charge in [-0.1, -0.05) is 12.2 Å². The van der Waals surface area contributed by atoms with E-state index >= 15 is 0 Å². The maximum absolute atomic E-state index is 11.8. The number of nitrogens with one attached hydrogen (secondary N) is 1. The van der Waals surface area contributed by atoms with Gasteiger partial charge in [0.25, 0.3) is 0 Å². The molecule has 3 N–H and O–H groups in total. The van der Waals surface area contributed by atoms with Gasteiger partial charge in [-0.15, -0.1) is 0 Å². The summed E-state index contributed by atoms with van der Waals surface area (Å²) in [5.74, 6) is -0.0712. The van der Waals surface area contributed by atoms with E-state index in [9.17, 15) is 4.79 Å². The molecule has 1 saturated heterocycles. The molecule has 1 aromatic rings. The average molecular weight is 280 g/mol. The lowest BCUT2D eigenvalue weighted by Crippen LogP contribution is -2.53. The van der Waals surface area contributed by atoms with Gasteiger partial charge in [-0.2, -0.15) is 0 Å². The average Bonchev–Trinajstić information content (AvgIpc) is 2.46. The van der Waals surface area contributed by atoms with Crippen molar-refractivity contribution in [2.24, 2.45) is 5.73 Å². The predicted molar refractivity (Wildman–Crippen MR) is 76.1 cm³/mol. The van der Waals surface area contributed by atoms with Crippen LogP contribution in [-0.2, 0) is 9.53 Å². The van der Waals surface area contributed by atoms with E-state index in [4.69, 9.17) is 22.7 Å². The van der Waals surface area contributed by atoms with Crippen molar-refractivity contribution in [1.82, 2.24) is 10.3 Å². The van der Waals surface area contributed by atoms with Gasteiger partial charge in [0, 0.05) is 13.6 Å². The highest BCUT2D eigenvalue weighted by atomic mass is 32.1. The van der Waals surface area contributed by atoms with Gasteiger partial charge >= 0.3 is 0 Å². The van der Waals surface area contributed by atoms with E-state index in [1.54, 1.807) is 19.3 Å². The van der Waals surface area contributed by atoms with Crippen LogP contribution < -0.4 is 16.0 Å². The molecule has 1 amide bonds. The first-order valence-corrected chi connectivity index (χ1v) is 6.36. The molecule has 6 nitrogen and oxygen atoms in total. The number of hydrogen-bond donors (Lipinski definition) is 2. The number of likely N-dealkylation sites (N-methyl/N-ethyl adjacent to an activating group) is 1. The molecule has 19 heavy (non-hydrogen) atoms. The number of hydrogen-bond acceptors (Lipinski definition) is 5. The van der Waals surface area contributed by atoms with E-state index in [0.717, 1.165) is 5.69 Å². The Hall–Kier alpha value is -1.73. The number of pyridine rings is 1. The van der Waals surface area contributed by atoms with Crippen LogP contribution in [0.3, 0.4) is 0 Å². The standard InChI is InChI=1S/C12H16N4O2S/c1-14-12(17)10-7-18-5-4-16(10)8-2-3-9(11(13)19)15-6-8/h2-3,6,10H,4-5,7H2,1H3,(H2,13,19)(H,14,17). The molecular weight excluding hydrogens is 264 g/mol. The molecule has 1 unspecified atom stereocenters. The maximum atomic E-state index is 11.8. The summed E-state index contributed by atoms with van der Waals surface area (Å²) in [7, 11) is 1.61. The molecule has 0 aliphatic carbocycles. The lowest BCUT2D eigenvalue weighted by atomic mass is 10.2. The van der Waals surface area contributed by atoms with Gasteiger partial charge in [-0.05, 0) is 12.1 Å². The van der Waals surface area contributed by atoms with Crippen molar-refractivity contribution >= 4 is 28.8 Å². The third kappa shape index (κ3) is 2.99. The summed E-state index contributed by atoms with van der Waals surface area (Å²) < 4.78 is 5.36. The highest BCUT2D eigenvalue weighted by Crippen LogP contribution is 2.19. The molecule has 102 valence electrons. The summed E-state index contributed by atoms with van der Waals surface area (Å²) in [5.41, 5.74) is 6.94. The summed E-state index contributed by atoms with van der Waals surface area (Å²) in [6.45, 7) is 1.60. The number of carbonyl (C=O) groups is 1. The van der Waals surface area contributed by atoms with Crippen LogP contribution in [0.2, 0.25) is 0 Å². The molecule has 1 atom stereocenters. The number of nitrogens with zero attached hydrogens (tertiary/aromatic N) is 2. The second kappa shape index (κ2) is 5.94. The van der Waals surface area contributed by atoms with Gasteiger partial charge < -0.3 is 20.7 Å². The minimum absolute atomic E-state index is 0.0712. The van der Waals surface area contributed by atoms with Crippen LogP contribution in [0.4, 0.5) is 5.69 Å². The van der Waals surface area contributed by atoms with Gasteiger partial charge in [-0.25, -0.2) is 0 Å². The fourth-order valence-corrected chi connectivity index (χ4v) is 2.12. The molecule has 0 saturated carbocycles. The van der Waals surface area contributed by atoms with Crippen molar-refractivity contribution < 1.29 is 9.53 Å². The van der Waals surface area contributed by atoms with Gasteiger partial charge in [0.2, 0.25) is 5.91 Å². The minimum atomic E-state index is -0.337. The molecule has 1 aliphatic heterocycles. The molecule has 0 aromatic carbocycles. The lowest BCUT2D eigenvalue weighted by molar-refractivity contribution is -0.124. The van der Waals surface area contributed by atoms with Crippen molar-refractivity contribution in [2.45, 2.75) is 6.04 Å². The smallest absolute Gasteiger partial charge is 0.244 e. The van der Waals surface area contributed by atoms with Gasteiger partial charge in [0.15, 0.2) is 0 Å². The van der Waals surface area contributed by atoms with Crippen LogP contribution in [0, 0.1) is 0 Å². The van der Waals surface area contributed by atoms with E-state index < -0.39 is 0 Å². The number of rotatable bonds is 3. The quantitative estimate of drug-likeness (QED) is 0.738. The van der Waals surface area contributed by atoms with Crippen LogP contribution in [0.5, 0.6) is 0 Å². The molecule has 1 fully saturated rings. The zero-order chi connectivity index (χ0) is 13.8. The molecule has 2 heterocycles. The van der Waals surface area contributed by atoms with E-state index in [1.165, 1.54) is 0 Å². The van der Waals surface area contributed by atoms with Crippen LogP contribution in [0.15, 0.2) is 18.3 Å². The third-order valence-electron chi connectivity index (χ3n) is 3.01. The van der Waals surface area contributed by atoms with Crippen LogP contribution >= 0.6 is 12.2 Å². The number of ether oxygens (including phenoxy) is 1. The fraction of sp³-hybridized carbons (Fsp3) is 0.417. The van der Waals surface area contributed by atoms with Gasteiger partial charge in [0.05, 0.1) is 30.8 Å². The highest BCUT2D eigenvalue weighted by molar-refractivity contribution is 7.80.